The second-order valence-electron chi connectivity index (χ2n) is 17.3. The van der Waals surface area contributed by atoms with Crippen LogP contribution in [0.5, 0.6) is 0 Å². The third-order valence-electron chi connectivity index (χ3n) is 10.6. The van der Waals surface area contributed by atoms with Crippen LogP contribution in [-0.2, 0) is 19.2 Å². The van der Waals surface area contributed by atoms with Crippen LogP contribution in [0.15, 0.2) is 24.3 Å². The van der Waals surface area contributed by atoms with Gasteiger partial charge in [-0.25, -0.2) is 0 Å². The summed E-state index contributed by atoms with van der Waals surface area (Å²) in [5.41, 5.74) is 0.379. The molecule has 6 N–H and O–H groups in total. The molecule has 2 saturated carbocycles. The first kappa shape index (κ1) is 51.0. The third kappa shape index (κ3) is 17.2. The van der Waals surface area contributed by atoms with E-state index in [4.69, 9.17) is 5.11 Å². The Morgan fingerprint density at radius 1 is 0.881 bits per heavy atom. The highest BCUT2D eigenvalue weighted by atomic mass is 16.3. The molecule has 2 aliphatic carbocycles. The van der Waals surface area contributed by atoms with Gasteiger partial charge in [0.1, 0.15) is 17.8 Å². The lowest BCUT2D eigenvalue weighted by molar-refractivity contribution is -0.145. The maximum atomic E-state index is 13.9. The maximum Gasteiger partial charge on any atom is 0.268 e. The zero-order chi connectivity index (χ0) is 44.1. The van der Waals surface area contributed by atoms with Gasteiger partial charge in [0, 0.05) is 29.5 Å². The highest BCUT2D eigenvalue weighted by Crippen LogP contribution is 2.32. The summed E-state index contributed by atoms with van der Waals surface area (Å²) in [6.07, 6.45) is 16.8. The Hall–Kier alpha value is -4.10. The minimum Gasteiger partial charge on any atom is -0.382 e. The Morgan fingerprint density at radius 3 is 1.98 bits per heavy atom. The topological polar surface area (TPSA) is 190 Å². The predicted octanol–water partition coefficient (Wildman–Crippen LogP) is 6.76. The quantitative estimate of drug-likeness (QED) is 0.0839. The van der Waals surface area contributed by atoms with Gasteiger partial charge in [0.2, 0.25) is 17.7 Å². The minimum atomic E-state index is -0.902. The van der Waals surface area contributed by atoms with E-state index in [1.807, 2.05) is 20.8 Å². The number of benzene rings is 1. The molecule has 1 saturated heterocycles. The predicted molar refractivity (Wildman–Crippen MR) is 235 cm³/mol. The lowest BCUT2D eigenvalue weighted by Crippen LogP contribution is -2.59. The van der Waals surface area contributed by atoms with Crippen LogP contribution >= 0.6 is 0 Å². The number of amides is 4. The van der Waals surface area contributed by atoms with E-state index in [0.29, 0.717) is 29.9 Å². The number of aliphatic hydroxyl groups is 1. The molecule has 5 rings (SSSR count). The zero-order valence-electron chi connectivity index (χ0n) is 37.6. The molecule has 3 aliphatic rings. The molecule has 0 radical (unpaired) electrons. The second kappa shape index (κ2) is 26.2. The van der Waals surface area contributed by atoms with Gasteiger partial charge < -0.3 is 36.3 Å². The summed E-state index contributed by atoms with van der Waals surface area (Å²) in [6.45, 7) is 14.8. The van der Waals surface area contributed by atoms with E-state index in [-0.39, 0.29) is 47.2 Å². The van der Waals surface area contributed by atoms with Gasteiger partial charge in [-0.3, -0.25) is 28.8 Å². The molecule has 3 fully saturated rings. The molecule has 59 heavy (non-hydrogen) atoms. The summed E-state index contributed by atoms with van der Waals surface area (Å²) >= 11 is 0. The summed E-state index contributed by atoms with van der Waals surface area (Å²) in [5.74, 6) is -1.96. The summed E-state index contributed by atoms with van der Waals surface area (Å²) < 4.78 is 0. The standard InChI is InChI=1S/C30H42N4O5.C7H14N2O2.C6H12.C3H8/c1-7-8-9-12-20-15-16-23(18(2)35)34(20)29(39)27(30(4,5)6)33-24(37)17-31-28(38)26-25(19(3)36)21-13-10-11-14-22(21)32-26;1-8-4-6(10)7(11)9-5-2-3-5;1-2-4-6-5-3-1;1-3-2/h10-11,13-14,20,23,27,32H,7-9,12,15-17H2,1-6H3,(H,31,38)(H,33,37);5-6,8,10H,2-4H2,1H3,(H,9,11);1-6H2;3H2,1-2H3/t20-,23-,27?;;;/m0.../s1. The molecule has 13 heteroatoms. The molecule has 2 aromatic rings. The van der Waals surface area contributed by atoms with Crippen molar-refractivity contribution >= 4 is 46.1 Å². The number of aromatic nitrogens is 1. The number of unbranched alkanes of at least 4 members (excludes halogenated alkanes) is 2. The fourth-order valence-electron chi connectivity index (χ4n) is 7.34. The highest BCUT2D eigenvalue weighted by molar-refractivity contribution is 6.15. The molecular weight excluding hydrogens is 749 g/mol. The lowest BCUT2D eigenvalue weighted by Gasteiger charge is -2.38. The number of fused-ring (bicyclic) bond motifs is 1. The monoisotopic (exact) mass is 825 g/mol. The average molecular weight is 825 g/mol. The van der Waals surface area contributed by atoms with Crippen LogP contribution in [-0.4, -0.2) is 101 Å². The van der Waals surface area contributed by atoms with Crippen molar-refractivity contribution in [3.63, 3.8) is 0 Å². The van der Waals surface area contributed by atoms with E-state index in [1.165, 1.54) is 58.8 Å². The van der Waals surface area contributed by atoms with E-state index >= 15 is 0 Å². The molecular formula is C46H76N6O7. The molecule has 1 aromatic carbocycles. The van der Waals surface area contributed by atoms with Crippen LogP contribution in [0.3, 0.4) is 0 Å². The Bertz CT molecular complexity index is 1630. The highest BCUT2D eigenvalue weighted by Gasteiger charge is 2.44. The van der Waals surface area contributed by atoms with Crippen LogP contribution in [0.1, 0.15) is 173 Å². The summed E-state index contributed by atoms with van der Waals surface area (Å²) in [7, 11) is 1.70. The van der Waals surface area contributed by atoms with Gasteiger partial charge in [-0.05, 0) is 64.5 Å². The van der Waals surface area contributed by atoms with Gasteiger partial charge >= 0.3 is 0 Å². The van der Waals surface area contributed by atoms with E-state index < -0.39 is 35.4 Å². The molecule has 13 nitrogen and oxygen atoms in total. The SMILES string of the molecule is C1CCCCC1.CCC.CCCCC[C@H]1CC[C@@H](C(C)=O)N1C(=O)C(NC(=O)CNC(=O)c1[nH]c2ccccc2c1C(C)=O)C(C)(C)C.CNCC(O)C(=O)NC1CC1. The first-order valence-corrected chi connectivity index (χ1v) is 22.2. The van der Waals surface area contributed by atoms with Gasteiger partial charge in [0.05, 0.1) is 18.2 Å². The summed E-state index contributed by atoms with van der Waals surface area (Å²) in [4.78, 5) is 80.2. The maximum absolute atomic E-state index is 13.9. The van der Waals surface area contributed by atoms with Gasteiger partial charge in [-0.15, -0.1) is 0 Å². The number of carbonyl (C=O) groups excluding carboxylic acids is 6. The fraction of sp³-hybridized carbons (Fsp3) is 0.696. The largest absolute Gasteiger partial charge is 0.382 e. The number of H-pyrrole nitrogens is 1. The van der Waals surface area contributed by atoms with E-state index in [0.717, 1.165) is 44.9 Å². The van der Waals surface area contributed by atoms with Crippen LogP contribution in [0, 0.1) is 5.41 Å². The average Bonchev–Trinajstić information content (AvgIpc) is 3.76. The van der Waals surface area contributed by atoms with E-state index in [1.54, 1.807) is 36.2 Å². The van der Waals surface area contributed by atoms with Crippen LogP contribution in [0.25, 0.3) is 10.9 Å². The number of hydrogen-bond donors (Lipinski definition) is 6. The van der Waals surface area contributed by atoms with Crippen molar-refractivity contribution in [1.82, 2.24) is 31.2 Å². The van der Waals surface area contributed by atoms with Gasteiger partial charge in [-0.1, -0.05) is 124 Å². The number of Topliss-reactive ketones (excluding diaryl/α,β-unsaturated/α-hetero) is 2. The van der Waals surface area contributed by atoms with Crippen molar-refractivity contribution in [2.75, 3.05) is 20.1 Å². The van der Waals surface area contributed by atoms with Crippen LogP contribution < -0.4 is 21.3 Å². The number of hydrogen-bond acceptors (Lipinski definition) is 8. The summed E-state index contributed by atoms with van der Waals surface area (Å²) in [6, 6.07) is 6.04. The smallest absolute Gasteiger partial charge is 0.268 e. The Labute approximate surface area is 353 Å². The number of carbonyl (C=O) groups is 6. The molecule has 332 valence electrons. The molecule has 4 amide bonds. The number of nitrogens with one attached hydrogen (secondary N) is 5. The van der Waals surface area contributed by atoms with Crippen LogP contribution in [0.2, 0.25) is 0 Å². The number of likely N-dealkylation sites (N-methyl/N-ethyl adjacent to an activating group) is 1. The lowest BCUT2D eigenvalue weighted by atomic mass is 9.85. The molecule has 0 spiro atoms. The van der Waals surface area contributed by atoms with Gasteiger partial charge in [-0.2, -0.15) is 0 Å². The number of ketones is 2. The van der Waals surface area contributed by atoms with Gasteiger partial charge in [0.25, 0.3) is 5.91 Å². The van der Waals surface area contributed by atoms with Crippen molar-refractivity contribution in [3.05, 3.63) is 35.5 Å². The van der Waals surface area contributed by atoms with Crippen molar-refractivity contribution in [2.45, 2.75) is 182 Å². The number of nitrogens with zero attached hydrogens (tertiary/aromatic N) is 1. The first-order chi connectivity index (χ1) is 28.0. The molecule has 0 bridgehead atoms. The number of para-hydroxylation sites is 1. The zero-order valence-corrected chi connectivity index (χ0v) is 37.6. The summed E-state index contributed by atoms with van der Waals surface area (Å²) in [5, 5.41) is 20.6. The van der Waals surface area contributed by atoms with E-state index in [2.05, 4.69) is 47.0 Å². The number of rotatable bonds is 15. The Kier molecular flexibility index (Phi) is 22.7. The third-order valence-corrected chi connectivity index (χ3v) is 10.6. The Morgan fingerprint density at radius 2 is 1.47 bits per heavy atom. The van der Waals surface area contributed by atoms with Gasteiger partial charge in [0.15, 0.2) is 11.6 Å². The normalized spacial score (nSPS) is 18.4. The fourth-order valence-corrected chi connectivity index (χ4v) is 7.34. The first-order valence-electron chi connectivity index (χ1n) is 22.2. The van der Waals surface area contributed by atoms with Crippen molar-refractivity contribution in [2.24, 2.45) is 5.41 Å². The second-order valence-corrected chi connectivity index (χ2v) is 17.3. The molecule has 1 aliphatic heterocycles. The Balaban J connectivity index is 0.000000486. The van der Waals surface area contributed by atoms with Crippen molar-refractivity contribution in [3.8, 4) is 0 Å². The molecule has 1 aromatic heterocycles. The van der Waals surface area contributed by atoms with E-state index in [9.17, 15) is 28.8 Å². The van der Waals surface area contributed by atoms with Crippen LogP contribution in [0.4, 0.5) is 0 Å². The number of likely N-dealkylation sites (tertiary alicyclic amines) is 1. The molecule has 2 heterocycles. The minimum absolute atomic E-state index is 0.0357. The molecule has 4 atom stereocenters. The molecule has 2 unspecified atom stereocenters. The van der Waals surface area contributed by atoms with Crippen molar-refractivity contribution < 1.29 is 33.9 Å². The number of aliphatic hydroxyl groups excluding tert-OH is 1. The van der Waals surface area contributed by atoms with Crippen molar-refractivity contribution in [1.29, 1.82) is 0 Å². The number of aromatic amines is 1.